The van der Waals surface area contributed by atoms with E-state index in [1.807, 2.05) is 91.0 Å². The van der Waals surface area contributed by atoms with E-state index in [0.717, 1.165) is 16.7 Å². The third-order valence-corrected chi connectivity index (χ3v) is 3.90. The van der Waals surface area contributed by atoms with Gasteiger partial charge in [0.2, 0.25) is 0 Å². The standard InChI is InChI=1S/C21H24BN3O3/c1-4-10-19(11-5-1)16-23-26-22(27-24-17-20-12-6-2-7-13-20)28-25-18-21-14-8-3-9-15-21/h1-15,23-25H,16-18H2. The molecule has 0 saturated heterocycles. The summed E-state index contributed by atoms with van der Waals surface area (Å²) in [7, 11) is -0.976. The van der Waals surface area contributed by atoms with Gasteiger partial charge in [-0.2, -0.15) is 0 Å². The number of hydrogen-bond donors (Lipinski definition) is 3. The predicted molar refractivity (Wildman–Crippen MR) is 109 cm³/mol. The Balaban J connectivity index is 1.44. The van der Waals surface area contributed by atoms with Crippen LogP contribution in [0.4, 0.5) is 0 Å². The molecule has 7 heteroatoms. The summed E-state index contributed by atoms with van der Waals surface area (Å²) in [5.41, 5.74) is 11.9. The zero-order chi connectivity index (χ0) is 19.3. The van der Waals surface area contributed by atoms with E-state index in [-0.39, 0.29) is 0 Å². The predicted octanol–water partition coefficient (Wildman–Crippen LogP) is 3.14. The molecule has 0 amide bonds. The number of rotatable bonds is 12. The van der Waals surface area contributed by atoms with Crippen molar-refractivity contribution in [1.82, 2.24) is 16.4 Å². The van der Waals surface area contributed by atoms with Crippen molar-refractivity contribution >= 4 is 7.32 Å². The van der Waals surface area contributed by atoms with E-state index in [4.69, 9.17) is 14.3 Å². The molecular formula is C21H24BN3O3. The van der Waals surface area contributed by atoms with Crippen LogP contribution >= 0.6 is 0 Å². The lowest BCUT2D eigenvalue weighted by Gasteiger charge is -2.15. The second-order valence-corrected chi connectivity index (χ2v) is 6.06. The highest BCUT2D eigenvalue weighted by atomic mass is 16.9. The summed E-state index contributed by atoms with van der Waals surface area (Å²) in [6.07, 6.45) is 0. The molecular weight excluding hydrogens is 353 g/mol. The minimum atomic E-state index is -0.976. The molecule has 0 heterocycles. The molecule has 6 nitrogen and oxygen atoms in total. The maximum absolute atomic E-state index is 5.50. The van der Waals surface area contributed by atoms with E-state index >= 15 is 0 Å². The third-order valence-electron chi connectivity index (χ3n) is 3.90. The molecule has 0 aliphatic heterocycles. The lowest BCUT2D eigenvalue weighted by Crippen LogP contribution is -2.41. The van der Waals surface area contributed by atoms with Crippen LogP contribution < -0.4 is 16.4 Å². The first-order valence-corrected chi connectivity index (χ1v) is 9.17. The summed E-state index contributed by atoms with van der Waals surface area (Å²) in [5.74, 6) is 0. The zero-order valence-electron chi connectivity index (χ0n) is 15.6. The van der Waals surface area contributed by atoms with E-state index < -0.39 is 7.32 Å². The Morgan fingerprint density at radius 3 is 1.04 bits per heavy atom. The number of nitrogens with one attached hydrogen (secondary N) is 3. The number of hydroxylamine groups is 3. The van der Waals surface area contributed by atoms with Crippen molar-refractivity contribution in [3.63, 3.8) is 0 Å². The van der Waals surface area contributed by atoms with Gasteiger partial charge in [-0.3, -0.25) is 14.3 Å². The topological polar surface area (TPSA) is 63.8 Å². The SMILES string of the molecule is c1ccc(CNOB(ONCc2ccccc2)ONCc2ccccc2)cc1. The van der Waals surface area contributed by atoms with Gasteiger partial charge in [0.25, 0.3) is 0 Å². The van der Waals surface area contributed by atoms with Crippen LogP contribution in [-0.2, 0) is 33.9 Å². The van der Waals surface area contributed by atoms with Crippen LogP contribution in [0.1, 0.15) is 16.7 Å². The van der Waals surface area contributed by atoms with Crippen molar-refractivity contribution in [2.45, 2.75) is 19.6 Å². The van der Waals surface area contributed by atoms with Crippen LogP contribution in [0.3, 0.4) is 0 Å². The van der Waals surface area contributed by atoms with Crippen molar-refractivity contribution in [2.75, 3.05) is 0 Å². The minimum Gasteiger partial charge on any atom is -0.298 e. The van der Waals surface area contributed by atoms with E-state index in [1.54, 1.807) is 0 Å². The summed E-state index contributed by atoms with van der Waals surface area (Å²) >= 11 is 0. The smallest absolute Gasteiger partial charge is 0.298 e. The highest BCUT2D eigenvalue weighted by Crippen LogP contribution is 2.01. The Kier molecular flexibility index (Phi) is 8.70. The molecule has 0 radical (unpaired) electrons. The Hall–Kier alpha value is -2.52. The summed E-state index contributed by atoms with van der Waals surface area (Å²) in [4.78, 5) is 0. The van der Waals surface area contributed by atoms with Gasteiger partial charge >= 0.3 is 7.32 Å². The van der Waals surface area contributed by atoms with Crippen LogP contribution in [0.5, 0.6) is 0 Å². The average molecular weight is 377 g/mol. The lowest BCUT2D eigenvalue weighted by atomic mass is 10.2. The number of benzene rings is 3. The molecule has 0 unspecified atom stereocenters. The van der Waals surface area contributed by atoms with E-state index in [2.05, 4.69) is 16.4 Å². The molecule has 144 valence electrons. The van der Waals surface area contributed by atoms with Crippen molar-refractivity contribution in [3.05, 3.63) is 108 Å². The molecule has 0 bridgehead atoms. The van der Waals surface area contributed by atoms with Crippen molar-refractivity contribution in [2.24, 2.45) is 0 Å². The second-order valence-electron chi connectivity index (χ2n) is 6.06. The molecule has 3 aromatic carbocycles. The molecule has 0 spiro atoms. The van der Waals surface area contributed by atoms with Gasteiger partial charge in [-0.25, -0.2) is 16.4 Å². The van der Waals surface area contributed by atoms with Crippen LogP contribution in [0.25, 0.3) is 0 Å². The molecule has 3 rings (SSSR count). The summed E-state index contributed by atoms with van der Waals surface area (Å²) in [5, 5.41) is 0. The maximum Gasteiger partial charge on any atom is 0.692 e. The Morgan fingerprint density at radius 2 is 0.750 bits per heavy atom. The lowest BCUT2D eigenvalue weighted by molar-refractivity contribution is -0.0127. The number of hydrogen-bond acceptors (Lipinski definition) is 6. The molecule has 0 saturated carbocycles. The molecule has 28 heavy (non-hydrogen) atoms. The van der Waals surface area contributed by atoms with Gasteiger partial charge in [0.15, 0.2) is 0 Å². The van der Waals surface area contributed by atoms with Crippen molar-refractivity contribution in [3.8, 4) is 0 Å². The summed E-state index contributed by atoms with van der Waals surface area (Å²) in [6.45, 7) is 1.59. The molecule has 3 aromatic rings. The highest BCUT2D eigenvalue weighted by Gasteiger charge is 2.23. The molecule has 3 N–H and O–H groups in total. The first-order valence-electron chi connectivity index (χ1n) is 9.17. The Bertz CT molecular complexity index is 671. The second kappa shape index (κ2) is 12.0. The van der Waals surface area contributed by atoms with Gasteiger partial charge in [0.1, 0.15) is 0 Å². The molecule has 0 fully saturated rings. The van der Waals surface area contributed by atoms with Gasteiger partial charge in [0, 0.05) is 19.6 Å². The monoisotopic (exact) mass is 377 g/mol. The largest absolute Gasteiger partial charge is 0.692 e. The van der Waals surface area contributed by atoms with Crippen LogP contribution in [0.15, 0.2) is 91.0 Å². The van der Waals surface area contributed by atoms with Crippen molar-refractivity contribution in [1.29, 1.82) is 0 Å². The fraction of sp³-hybridized carbons (Fsp3) is 0.143. The van der Waals surface area contributed by atoms with Gasteiger partial charge in [-0.1, -0.05) is 91.0 Å². The highest BCUT2D eigenvalue weighted by molar-refractivity contribution is 6.35. The average Bonchev–Trinajstić information content (AvgIpc) is 2.76. The van der Waals surface area contributed by atoms with E-state index in [9.17, 15) is 0 Å². The van der Waals surface area contributed by atoms with Gasteiger partial charge in [0.05, 0.1) is 0 Å². The van der Waals surface area contributed by atoms with Crippen LogP contribution in [0.2, 0.25) is 0 Å². The fourth-order valence-electron chi connectivity index (χ4n) is 2.44. The molecule has 0 atom stereocenters. The molecule has 0 aromatic heterocycles. The normalized spacial score (nSPS) is 10.7. The molecule has 0 aliphatic rings. The molecule has 0 aliphatic carbocycles. The summed E-state index contributed by atoms with van der Waals surface area (Å²) < 4.78 is 16.5. The first kappa shape index (κ1) is 20.2. The van der Waals surface area contributed by atoms with E-state index in [0.29, 0.717) is 19.6 Å². The third kappa shape index (κ3) is 7.62. The van der Waals surface area contributed by atoms with Gasteiger partial charge in [-0.05, 0) is 16.7 Å². The van der Waals surface area contributed by atoms with Crippen molar-refractivity contribution < 1.29 is 14.3 Å². The Labute approximate surface area is 165 Å². The zero-order valence-corrected chi connectivity index (χ0v) is 15.6. The van der Waals surface area contributed by atoms with Gasteiger partial charge < -0.3 is 0 Å². The Morgan fingerprint density at radius 1 is 0.464 bits per heavy atom. The minimum absolute atomic E-state index is 0.529. The quantitative estimate of drug-likeness (QED) is 0.333. The summed E-state index contributed by atoms with van der Waals surface area (Å²) in [6, 6.07) is 29.8. The maximum atomic E-state index is 5.50. The first-order chi connectivity index (χ1) is 13.9. The van der Waals surface area contributed by atoms with Gasteiger partial charge in [-0.15, -0.1) is 0 Å². The van der Waals surface area contributed by atoms with Crippen LogP contribution in [0, 0.1) is 0 Å². The van der Waals surface area contributed by atoms with E-state index in [1.165, 1.54) is 0 Å². The fourth-order valence-corrected chi connectivity index (χ4v) is 2.44. The van der Waals surface area contributed by atoms with Crippen LogP contribution in [-0.4, -0.2) is 7.32 Å².